The molecule has 0 spiro atoms. The highest BCUT2D eigenvalue weighted by Gasteiger charge is 2.21. The molecular weight excluding hydrogens is 256 g/mol. The summed E-state index contributed by atoms with van der Waals surface area (Å²) in [4.78, 5) is 10.9. The lowest BCUT2D eigenvalue weighted by Gasteiger charge is -2.10. The number of carbonyl (C=O) groups is 1. The summed E-state index contributed by atoms with van der Waals surface area (Å²) in [7, 11) is -0.710. The third kappa shape index (κ3) is 3.46. The third-order valence-electron chi connectivity index (χ3n) is 2.43. The maximum atomic E-state index is 12.1. The Hall–Kier alpha value is -1.56. The van der Waals surface area contributed by atoms with Gasteiger partial charge < -0.3 is 9.47 Å². The van der Waals surface area contributed by atoms with E-state index in [2.05, 4.69) is 0 Å². The molecule has 0 aliphatic rings. The van der Waals surface area contributed by atoms with Crippen LogP contribution in [0.1, 0.15) is 13.3 Å². The normalized spacial score (nSPS) is 11.1. The highest BCUT2D eigenvalue weighted by Crippen LogP contribution is 2.29. The van der Waals surface area contributed by atoms with E-state index in [1.807, 2.05) is 0 Å². The van der Waals surface area contributed by atoms with Crippen molar-refractivity contribution in [3.05, 3.63) is 18.2 Å². The number of methoxy groups -OCH3 is 2. The van der Waals surface area contributed by atoms with Crippen molar-refractivity contribution in [2.45, 2.75) is 18.2 Å². The third-order valence-corrected chi connectivity index (χ3v) is 4.16. The predicted molar refractivity (Wildman–Crippen MR) is 66.9 cm³/mol. The molecule has 0 aliphatic carbocycles. The van der Waals surface area contributed by atoms with Crippen LogP contribution in [0, 0.1) is 0 Å². The van der Waals surface area contributed by atoms with Gasteiger partial charge in [0.05, 0.1) is 20.0 Å². The fraction of sp³-hybridized carbons (Fsp3) is 0.417. The number of benzene rings is 1. The van der Waals surface area contributed by atoms with E-state index in [0.29, 0.717) is 5.75 Å². The molecule has 18 heavy (non-hydrogen) atoms. The molecule has 0 aliphatic heterocycles. The first kappa shape index (κ1) is 14.5. The van der Waals surface area contributed by atoms with Crippen molar-refractivity contribution >= 4 is 15.6 Å². The van der Waals surface area contributed by atoms with E-state index < -0.39 is 9.84 Å². The summed E-state index contributed by atoms with van der Waals surface area (Å²) in [5.74, 6) is 0.281. The van der Waals surface area contributed by atoms with E-state index in [-0.39, 0.29) is 28.6 Å². The summed E-state index contributed by atoms with van der Waals surface area (Å²) in [6.07, 6.45) is -0.0112. The Labute approximate surface area is 107 Å². The molecule has 0 fully saturated rings. The zero-order chi connectivity index (χ0) is 13.8. The maximum Gasteiger partial charge on any atom is 0.182 e. The lowest BCUT2D eigenvalue weighted by molar-refractivity contribution is -0.116. The highest BCUT2D eigenvalue weighted by molar-refractivity contribution is 7.91. The van der Waals surface area contributed by atoms with Crippen LogP contribution in [0.25, 0.3) is 0 Å². The van der Waals surface area contributed by atoms with Crippen molar-refractivity contribution in [3.63, 3.8) is 0 Å². The number of ether oxygens (including phenoxy) is 2. The van der Waals surface area contributed by atoms with E-state index in [1.54, 1.807) is 6.07 Å². The van der Waals surface area contributed by atoms with Crippen molar-refractivity contribution in [1.82, 2.24) is 0 Å². The Morgan fingerprint density at radius 2 is 1.89 bits per heavy atom. The average molecular weight is 272 g/mol. The summed E-state index contributed by atoms with van der Waals surface area (Å²) in [5, 5.41) is 0. The van der Waals surface area contributed by atoms with Crippen molar-refractivity contribution in [1.29, 1.82) is 0 Å². The molecule has 1 aromatic rings. The minimum atomic E-state index is -3.56. The van der Waals surface area contributed by atoms with Crippen molar-refractivity contribution in [2.75, 3.05) is 20.0 Å². The molecule has 6 heteroatoms. The van der Waals surface area contributed by atoms with Crippen molar-refractivity contribution < 1.29 is 22.7 Å². The van der Waals surface area contributed by atoms with Crippen LogP contribution >= 0.6 is 0 Å². The average Bonchev–Trinajstić information content (AvgIpc) is 2.35. The first-order valence-electron chi connectivity index (χ1n) is 5.35. The van der Waals surface area contributed by atoms with Crippen LogP contribution < -0.4 is 9.47 Å². The zero-order valence-electron chi connectivity index (χ0n) is 10.6. The Morgan fingerprint density at radius 1 is 1.22 bits per heavy atom. The number of ketones is 1. The minimum Gasteiger partial charge on any atom is -0.497 e. The lowest BCUT2D eigenvalue weighted by atomic mass is 10.3. The number of hydrogen-bond donors (Lipinski definition) is 0. The second-order valence-corrected chi connectivity index (χ2v) is 5.87. The quantitative estimate of drug-likeness (QED) is 0.784. The molecule has 0 radical (unpaired) electrons. The highest BCUT2D eigenvalue weighted by atomic mass is 32.2. The lowest BCUT2D eigenvalue weighted by Crippen LogP contribution is -2.11. The molecule has 0 heterocycles. The van der Waals surface area contributed by atoms with E-state index in [1.165, 1.54) is 33.3 Å². The van der Waals surface area contributed by atoms with E-state index in [9.17, 15) is 13.2 Å². The van der Waals surface area contributed by atoms with Crippen molar-refractivity contribution in [2.24, 2.45) is 0 Å². The topological polar surface area (TPSA) is 69.7 Å². The van der Waals surface area contributed by atoms with Gasteiger partial charge in [-0.2, -0.15) is 0 Å². The fourth-order valence-corrected chi connectivity index (χ4v) is 2.94. The standard InChI is InChI=1S/C12H16O5S/c1-9(13)6-7-18(14,15)12-8-10(16-2)4-5-11(12)17-3/h4-5,8H,6-7H2,1-3H3. The van der Waals surface area contributed by atoms with Crippen LogP contribution in [0.2, 0.25) is 0 Å². The molecule has 0 saturated heterocycles. The fourth-order valence-electron chi connectivity index (χ4n) is 1.42. The monoisotopic (exact) mass is 272 g/mol. The second-order valence-electron chi connectivity index (χ2n) is 3.79. The Morgan fingerprint density at radius 3 is 2.39 bits per heavy atom. The van der Waals surface area contributed by atoms with Crippen LogP contribution in [0.5, 0.6) is 11.5 Å². The van der Waals surface area contributed by atoms with Gasteiger partial charge in [-0.3, -0.25) is 4.79 Å². The van der Waals surface area contributed by atoms with E-state index in [4.69, 9.17) is 9.47 Å². The molecule has 1 aromatic carbocycles. The number of Topliss-reactive ketones (excluding diaryl/α,β-unsaturated/α-hetero) is 1. The van der Waals surface area contributed by atoms with Gasteiger partial charge in [0, 0.05) is 12.5 Å². The first-order chi connectivity index (χ1) is 8.40. The Kier molecular flexibility index (Phi) is 4.72. The molecule has 1 rings (SSSR count). The van der Waals surface area contributed by atoms with E-state index in [0.717, 1.165) is 0 Å². The summed E-state index contributed by atoms with van der Waals surface area (Å²) in [5.41, 5.74) is 0. The summed E-state index contributed by atoms with van der Waals surface area (Å²) in [6, 6.07) is 4.54. The van der Waals surface area contributed by atoms with Gasteiger partial charge in [-0.1, -0.05) is 0 Å². The molecule has 5 nitrogen and oxygen atoms in total. The molecule has 0 unspecified atom stereocenters. The van der Waals surface area contributed by atoms with E-state index >= 15 is 0 Å². The van der Waals surface area contributed by atoms with Gasteiger partial charge in [0.2, 0.25) is 0 Å². The number of hydrogen-bond acceptors (Lipinski definition) is 5. The molecule has 0 N–H and O–H groups in total. The minimum absolute atomic E-state index is 0.0112. The molecule has 0 atom stereocenters. The summed E-state index contributed by atoms with van der Waals surface area (Å²) < 4.78 is 34.2. The maximum absolute atomic E-state index is 12.1. The number of sulfone groups is 1. The Balaban J connectivity index is 3.16. The van der Waals surface area contributed by atoms with Gasteiger partial charge in [-0.25, -0.2) is 8.42 Å². The van der Waals surface area contributed by atoms with Gasteiger partial charge in [0.25, 0.3) is 0 Å². The van der Waals surface area contributed by atoms with Gasteiger partial charge in [-0.05, 0) is 19.1 Å². The van der Waals surface area contributed by atoms with Gasteiger partial charge >= 0.3 is 0 Å². The number of rotatable bonds is 6. The molecule has 0 saturated carbocycles. The molecule has 0 bridgehead atoms. The summed E-state index contributed by atoms with van der Waals surface area (Å²) in [6.45, 7) is 1.36. The molecule has 100 valence electrons. The summed E-state index contributed by atoms with van der Waals surface area (Å²) >= 11 is 0. The van der Waals surface area contributed by atoms with Gasteiger partial charge in [0.15, 0.2) is 9.84 Å². The van der Waals surface area contributed by atoms with Crippen LogP contribution in [0.3, 0.4) is 0 Å². The Bertz CT molecular complexity index is 533. The van der Waals surface area contributed by atoms with Crippen LogP contribution in [0.15, 0.2) is 23.1 Å². The second kappa shape index (κ2) is 5.86. The molecular formula is C12H16O5S. The molecule has 0 aromatic heterocycles. The van der Waals surface area contributed by atoms with Crippen LogP contribution in [-0.2, 0) is 14.6 Å². The predicted octanol–water partition coefficient (Wildman–Crippen LogP) is 1.46. The van der Waals surface area contributed by atoms with Crippen LogP contribution in [-0.4, -0.2) is 34.2 Å². The first-order valence-corrected chi connectivity index (χ1v) is 7.00. The van der Waals surface area contributed by atoms with Crippen LogP contribution in [0.4, 0.5) is 0 Å². The smallest absolute Gasteiger partial charge is 0.182 e. The SMILES string of the molecule is COc1ccc(OC)c(S(=O)(=O)CCC(C)=O)c1. The van der Waals surface area contributed by atoms with Gasteiger partial charge in [0.1, 0.15) is 22.2 Å². The number of carbonyl (C=O) groups excluding carboxylic acids is 1. The zero-order valence-corrected chi connectivity index (χ0v) is 11.4. The largest absolute Gasteiger partial charge is 0.497 e. The molecule has 0 amide bonds. The van der Waals surface area contributed by atoms with Gasteiger partial charge in [-0.15, -0.1) is 0 Å². The van der Waals surface area contributed by atoms with Crippen molar-refractivity contribution in [3.8, 4) is 11.5 Å².